The van der Waals surface area contributed by atoms with Gasteiger partial charge in [0.05, 0.1) is 16.2 Å². The second-order valence-electron chi connectivity index (χ2n) is 6.05. The first-order valence-corrected chi connectivity index (χ1v) is 5.81. The van der Waals surface area contributed by atoms with E-state index < -0.39 is 16.5 Å². The molecule has 0 radical (unpaired) electrons. The summed E-state index contributed by atoms with van der Waals surface area (Å²) < 4.78 is 0. The lowest BCUT2D eigenvalue weighted by Gasteiger charge is -2.42. The van der Waals surface area contributed by atoms with Crippen LogP contribution in [0.1, 0.15) is 27.7 Å². The number of hydroxylamine groups is 1. The second-order valence-corrected chi connectivity index (χ2v) is 6.05. The highest BCUT2D eigenvalue weighted by atomic mass is 16.6. The number of nitroso groups, excluding NO2 is 1. The molecule has 0 N–H and O–H groups in total. The maximum Gasteiger partial charge on any atom is 0.255 e. The highest BCUT2D eigenvalue weighted by Crippen LogP contribution is 2.66. The highest BCUT2D eigenvalue weighted by Gasteiger charge is 2.84. The molecule has 0 spiro atoms. The minimum absolute atomic E-state index is 0.0531. The molecule has 3 rings (SSSR count). The van der Waals surface area contributed by atoms with E-state index in [1.54, 1.807) is 12.4 Å². The van der Waals surface area contributed by atoms with Gasteiger partial charge in [0.25, 0.3) is 5.54 Å². The molecule has 3 aliphatic rings. The summed E-state index contributed by atoms with van der Waals surface area (Å²) in [4.78, 5) is 12.8. The molecule has 2 fully saturated rings. The van der Waals surface area contributed by atoms with Crippen molar-refractivity contribution in [2.24, 2.45) is 27.5 Å². The molecule has 6 heteroatoms. The SMILES string of the molecule is CC1(C)[C@@]2(C)[C@@H]3C=NN=C[C@@H]3[C@]1(C)[N+](=O)N2[O-]. The lowest BCUT2D eigenvalue weighted by Crippen LogP contribution is -2.57. The van der Waals surface area contributed by atoms with Gasteiger partial charge in [-0.1, -0.05) is 13.8 Å². The summed E-state index contributed by atoms with van der Waals surface area (Å²) in [5.74, 6) is -0.106. The third-order valence-electron chi connectivity index (χ3n) is 5.70. The lowest BCUT2D eigenvalue weighted by molar-refractivity contribution is -0.751. The Morgan fingerprint density at radius 3 is 2.29 bits per heavy atom. The predicted octanol–water partition coefficient (Wildman–Crippen LogP) is 1.35. The van der Waals surface area contributed by atoms with E-state index in [0.29, 0.717) is 10.0 Å². The molecule has 2 bridgehead atoms. The summed E-state index contributed by atoms with van der Waals surface area (Å²) >= 11 is 0. The zero-order valence-corrected chi connectivity index (χ0v) is 10.4. The van der Waals surface area contributed by atoms with E-state index in [1.165, 1.54) is 0 Å². The van der Waals surface area contributed by atoms with Crippen molar-refractivity contribution in [2.45, 2.75) is 38.8 Å². The molecule has 4 atom stereocenters. The van der Waals surface area contributed by atoms with Gasteiger partial charge < -0.3 is 5.21 Å². The van der Waals surface area contributed by atoms with Gasteiger partial charge in [-0.05, 0) is 6.92 Å². The summed E-state index contributed by atoms with van der Waals surface area (Å²) in [6.45, 7) is 7.67. The van der Waals surface area contributed by atoms with Crippen LogP contribution >= 0.6 is 0 Å². The Bertz CT molecular complexity index is 472. The Hall–Kier alpha value is -1.30. The molecule has 0 unspecified atom stereocenters. The fraction of sp³-hybridized carbons (Fsp3) is 0.818. The molecule has 2 aliphatic heterocycles. The van der Waals surface area contributed by atoms with E-state index in [0.717, 1.165) is 0 Å². The number of nitrogens with zero attached hydrogens (tertiary/aromatic N) is 4. The van der Waals surface area contributed by atoms with Crippen LogP contribution in [0, 0.1) is 27.4 Å². The third-order valence-corrected chi connectivity index (χ3v) is 5.70. The number of hydrazine groups is 1. The van der Waals surface area contributed by atoms with Gasteiger partial charge >= 0.3 is 0 Å². The molecular formula is C11H16N4O2. The quantitative estimate of drug-likeness (QED) is 0.596. The predicted molar refractivity (Wildman–Crippen MR) is 63.4 cm³/mol. The van der Waals surface area contributed by atoms with Crippen LogP contribution in [0.15, 0.2) is 10.2 Å². The van der Waals surface area contributed by atoms with Crippen molar-refractivity contribution in [1.29, 1.82) is 0 Å². The van der Waals surface area contributed by atoms with E-state index in [9.17, 15) is 10.1 Å². The van der Waals surface area contributed by atoms with Gasteiger partial charge in [-0.3, -0.25) is 0 Å². The van der Waals surface area contributed by atoms with Crippen LogP contribution < -0.4 is 0 Å². The van der Waals surface area contributed by atoms with Crippen molar-refractivity contribution in [2.75, 3.05) is 0 Å². The van der Waals surface area contributed by atoms with Gasteiger partial charge in [-0.2, -0.15) is 15.4 Å². The van der Waals surface area contributed by atoms with Crippen LogP contribution in [0.5, 0.6) is 0 Å². The summed E-state index contributed by atoms with van der Waals surface area (Å²) in [6, 6.07) is 0. The fourth-order valence-electron chi connectivity index (χ4n) is 3.85. The Labute approximate surface area is 99.5 Å². The maximum atomic E-state index is 12.2. The van der Waals surface area contributed by atoms with Crippen molar-refractivity contribution in [3.8, 4) is 0 Å². The number of fused-ring (bicyclic) bond motifs is 5. The summed E-state index contributed by atoms with van der Waals surface area (Å²) in [5.41, 5.74) is -1.95. The Morgan fingerprint density at radius 1 is 1.18 bits per heavy atom. The normalized spacial score (nSPS) is 49.9. The summed E-state index contributed by atoms with van der Waals surface area (Å²) in [5, 5.41) is 20.6. The van der Waals surface area contributed by atoms with Crippen molar-refractivity contribution in [3.05, 3.63) is 10.1 Å². The van der Waals surface area contributed by atoms with Gasteiger partial charge in [0.1, 0.15) is 10.4 Å². The molecule has 6 nitrogen and oxygen atoms in total. The van der Waals surface area contributed by atoms with E-state index in [1.807, 2.05) is 27.7 Å². The largest absolute Gasteiger partial charge is 0.704 e. The van der Waals surface area contributed by atoms with Crippen molar-refractivity contribution in [3.63, 3.8) is 0 Å². The molecule has 1 saturated carbocycles. The van der Waals surface area contributed by atoms with Gasteiger partial charge in [-0.15, -0.1) is 0 Å². The van der Waals surface area contributed by atoms with Crippen molar-refractivity contribution in [1.82, 2.24) is 5.17 Å². The average Bonchev–Trinajstić information content (AvgIpc) is 2.51. The molecule has 0 aromatic carbocycles. The zero-order valence-electron chi connectivity index (χ0n) is 10.4. The smallest absolute Gasteiger partial charge is 0.255 e. The Kier molecular flexibility index (Phi) is 1.64. The molecule has 0 aromatic rings. The third kappa shape index (κ3) is 0.764. The van der Waals surface area contributed by atoms with Crippen LogP contribution in [0.4, 0.5) is 0 Å². The van der Waals surface area contributed by atoms with Crippen LogP contribution in [0.3, 0.4) is 0 Å². The molecule has 0 amide bonds. The first-order chi connectivity index (χ1) is 7.79. The molecule has 2 heterocycles. The van der Waals surface area contributed by atoms with Gasteiger partial charge in [0, 0.05) is 25.3 Å². The van der Waals surface area contributed by atoms with Crippen LogP contribution in [0.25, 0.3) is 0 Å². The number of hydrogen-bond donors (Lipinski definition) is 0. The lowest BCUT2D eigenvalue weighted by atomic mass is 9.68. The van der Waals surface area contributed by atoms with Crippen LogP contribution in [-0.4, -0.2) is 33.5 Å². The first-order valence-electron chi connectivity index (χ1n) is 5.81. The summed E-state index contributed by atoms with van der Waals surface area (Å²) in [7, 11) is 0. The van der Waals surface area contributed by atoms with Crippen LogP contribution in [0.2, 0.25) is 0 Å². The zero-order chi connectivity index (χ0) is 12.6. The Morgan fingerprint density at radius 2 is 1.71 bits per heavy atom. The molecule has 1 aliphatic carbocycles. The fourth-order valence-corrected chi connectivity index (χ4v) is 3.85. The van der Waals surface area contributed by atoms with Crippen molar-refractivity contribution >= 4 is 12.4 Å². The molecular weight excluding hydrogens is 220 g/mol. The maximum absolute atomic E-state index is 12.2. The first kappa shape index (κ1) is 10.8. The minimum Gasteiger partial charge on any atom is -0.704 e. The van der Waals surface area contributed by atoms with Crippen molar-refractivity contribution < 1.29 is 4.87 Å². The average molecular weight is 236 g/mol. The molecule has 17 heavy (non-hydrogen) atoms. The molecule has 92 valence electrons. The summed E-state index contributed by atoms with van der Waals surface area (Å²) in [6.07, 6.45) is 3.44. The van der Waals surface area contributed by atoms with E-state index in [-0.39, 0.29) is 11.8 Å². The van der Waals surface area contributed by atoms with E-state index in [2.05, 4.69) is 10.2 Å². The van der Waals surface area contributed by atoms with Crippen LogP contribution in [-0.2, 0) is 0 Å². The monoisotopic (exact) mass is 236 g/mol. The minimum atomic E-state index is -0.760. The van der Waals surface area contributed by atoms with Gasteiger partial charge in [0.15, 0.2) is 0 Å². The standard InChI is InChI=1S/C11H16N4O2/c1-9(2)10(3)7-5-12-13-6-8(7)11(9,4)15(17)14(10)16/h5-8H,1-4H3/t7-,8+,10-,11+. The van der Waals surface area contributed by atoms with E-state index in [4.69, 9.17) is 0 Å². The highest BCUT2D eigenvalue weighted by molar-refractivity contribution is 5.79. The Balaban J connectivity index is 2.29. The number of rotatable bonds is 0. The van der Waals surface area contributed by atoms with E-state index >= 15 is 0 Å². The molecule has 0 aromatic heterocycles. The number of hydrogen-bond acceptors (Lipinski definition) is 4. The topological polar surface area (TPSA) is 71.1 Å². The molecule has 1 saturated heterocycles. The van der Waals surface area contributed by atoms with Gasteiger partial charge in [0.2, 0.25) is 0 Å². The second kappa shape index (κ2) is 2.58. The van der Waals surface area contributed by atoms with Gasteiger partial charge in [-0.25, -0.2) is 0 Å².